The summed E-state index contributed by atoms with van der Waals surface area (Å²) in [5, 5.41) is 11.4. The lowest BCUT2D eigenvalue weighted by Crippen LogP contribution is -2.51. The van der Waals surface area contributed by atoms with Gasteiger partial charge in [0.25, 0.3) is 11.5 Å². The highest BCUT2D eigenvalue weighted by molar-refractivity contribution is 6.76. The Balaban J connectivity index is 1.17. The van der Waals surface area contributed by atoms with E-state index in [9.17, 15) is 27.6 Å². The number of nitrogens with one attached hydrogen (secondary N) is 1. The fourth-order valence-corrected chi connectivity index (χ4v) is 8.29. The number of pyridine rings is 1. The summed E-state index contributed by atoms with van der Waals surface area (Å²) >= 11 is 6.17. The zero-order chi connectivity index (χ0) is 45.2. The van der Waals surface area contributed by atoms with Gasteiger partial charge >= 0.3 is 6.18 Å². The first-order chi connectivity index (χ1) is 29.9. The highest BCUT2D eigenvalue weighted by Crippen LogP contribution is 2.34. The lowest BCUT2D eigenvalue weighted by Gasteiger charge is -2.36. The normalized spacial score (nSPS) is 14.9. The quantitative estimate of drug-likeness (QED) is 0.0762. The third-order valence-electron chi connectivity index (χ3n) is 10.7. The largest absolute Gasteiger partial charge is 0.481 e. The van der Waals surface area contributed by atoms with Crippen molar-refractivity contribution in [3.8, 4) is 17.1 Å². The predicted octanol–water partition coefficient (Wildman–Crippen LogP) is 6.25. The number of hydrogen-bond donors (Lipinski definition) is 1. The molecule has 2 amide bonds. The Labute approximate surface area is 365 Å². The van der Waals surface area contributed by atoms with E-state index in [-0.39, 0.29) is 84.5 Å². The molecule has 7 rings (SSSR count). The van der Waals surface area contributed by atoms with E-state index < -0.39 is 49.5 Å². The molecule has 16 nitrogen and oxygen atoms in total. The first-order valence-electron chi connectivity index (χ1n) is 20.3. The smallest absolute Gasteiger partial charge is 0.416 e. The van der Waals surface area contributed by atoms with Gasteiger partial charge in [-0.15, -0.1) is 5.10 Å². The van der Waals surface area contributed by atoms with E-state index in [2.05, 4.69) is 40.1 Å². The number of anilines is 2. The van der Waals surface area contributed by atoms with Gasteiger partial charge in [-0.05, 0) is 48.7 Å². The van der Waals surface area contributed by atoms with E-state index in [4.69, 9.17) is 30.8 Å². The third kappa shape index (κ3) is 10.1. The van der Waals surface area contributed by atoms with Crippen LogP contribution in [-0.2, 0) is 40.1 Å². The molecule has 0 atom stereocenters. The summed E-state index contributed by atoms with van der Waals surface area (Å²) in [6, 6.07) is 6.46. The number of nitrogens with zero attached hydrogens (tertiary/aromatic N) is 9. The Morgan fingerprint density at radius 1 is 1.06 bits per heavy atom. The van der Waals surface area contributed by atoms with E-state index in [1.807, 2.05) is 17.9 Å². The molecular formula is C41H47ClF4N10O6Si. The molecule has 5 aromatic rings. The molecule has 1 saturated heterocycles. The summed E-state index contributed by atoms with van der Waals surface area (Å²) in [6.07, 6.45) is -1.00. The minimum absolute atomic E-state index is 0.0238. The Morgan fingerprint density at radius 3 is 2.48 bits per heavy atom. The van der Waals surface area contributed by atoms with Crippen LogP contribution in [0, 0.1) is 5.82 Å². The van der Waals surface area contributed by atoms with Crippen molar-refractivity contribution >= 4 is 54.2 Å². The average molecular weight is 915 g/mol. The lowest BCUT2D eigenvalue weighted by molar-refractivity contribution is -0.137. The molecule has 4 aromatic heterocycles. The highest BCUT2D eigenvalue weighted by Gasteiger charge is 2.33. The van der Waals surface area contributed by atoms with Gasteiger partial charge in [-0.25, -0.2) is 14.1 Å². The molecule has 63 heavy (non-hydrogen) atoms. The van der Waals surface area contributed by atoms with Crippen molar-refractivity contribution in [3.05, 3.63) is 86.6 Å². The topological polar surface area (TPSA) is 163 Å². The molecule has 336 valence electrons. The number of ether oxygens (including phenoxy) is 3. The monoisotopic (exact) mass is 914 g/mol. The van der Waals surface area contributed by atoms with Crippen LogP contribution >= 0.6 is 11.6 Å². The summed E-state index contributed by atoms with van der Waals surface area (Å²) in [4.78, 5) is 54.3. The summed E-state index contributed by atoms with van der Waals surface area (Å²) in [7, 11) is 0.00340. The van der Waals surface area contributed by atoms with E-state index in [1.54, 1.807) is 9.47 Å². The molecule has 1 aromatic carbocycles. The van der Waals surface area contributed by atoms with Gasteiger partial charge < -0.3 is 33.9 Å². The van der Waals surface area contributed by atoms with Crippen molar-refractivity contribution in [2.75, 3.05) is 63.3 Å². The number of rotatable bonds is 14. The number of fused-ring (bicyclic) bond motifs is 1. The Kier molecular flexibility index (Phi) is 13.4. The van der Waals surface area contributed by atoms with Crippen LogP contribution in [0.1, 0.15) is 40.9 Å². The number of carbonyl (C=O) groups excluding carboxylic acids is 2. The molecule has 0 aliphatic carbocycles. The molecular weight excluding hydrogens is 868 g/mol. The number of alkyl halides is 3. The van der Waals surface area contributed by atoms with Crippen LogP contribution in [0.5, 0.6) is 5.88 Å². The summed E-state index contributed by atoms with van der Waals surface area (Å²) < 4.78 is 76.0. The van der Waals surface area contributed by atoms with Crippen LogP contribution in [-0.4, -0.2) is 112 Å². The second-order valence-electron chi connectivity index (χ2n) is 16.2. The summed E-state index contributed by atoms with van der Waals surface area (Å²) in [5.74, 6) is -1.13. The van der Waals surface area contributed by atoms with Gasteiger partial charge in [0.2, 0.25) is 17.6 Å². The minimum Gasteiger partial charge on any atom is -0.481 e. The molecule has 2 aliphatic rings. The fraction of sp³-hybridized carbons (Fsp3) is 0.439. The summed E-state index contributed by atoms with van der Waals surface area (Å²) in [5.41, 5.74) is 0.483. The third-order valence-corrected chi connectivity index (χ3v) is 12.7. The Hall–Kier alpha value is -5.64. The molecule has 0 unspecified atom stereocenters. The van der Waals surface area contributed by atoms with Crippen LogP contribution in [0.2, 0.25) is 30.7 Å². The molecule has 6 heterocycles. The standard InChI is InChI=1S/C41H47ClF4N10O6Si/c1-6-32-36(39(59)56-40(49-37(51-56)25-9-15-61-16-10-25)54(32)23-34(57)48-30-8-7-26(19-28(30)42)41(44,45)46)52-11-13-53(14-12-52)38(58)31-21-33(27-20-35(60-2)47-22-29(27)43)55(50-31)24-62-17-18-63(3,4)5/h7-9,19-22H,6,10-18,23-24H2,1-5H3,(H,48,57). The molecule has 0 radical (unpaired) electrons. The average Bonchev–Trinajstić information content (AvgIpc) is 3.90. The zero-order valence-corrected chi connectivity index (χ0v) is 37.1. The van der Waals surface area contributed by atoms with Crippen molar-refractivity contribution in [1.82, 2.24) is 38.8 Å². The second kappa shape index (κ2) is 18.6. The number of benzene rings is 1. The molecule has 0 bridgehead atoms. The number of piperazine rings is 1. The van der Waals surface area contributed by atoms with E-state index >= 15 is 4.39 Å². The number of aromatic nitrogens is 7. The SMILES string of the molecule is CCc1c(N2CCN(C(=O)c3cc(-c4cc(OC)ncc4F)n(COCC[Si](C)(C)C)n3)CC2)c(=O)n2nc(C3=CCOCC3)nc2n1CC(=O)Nc1ccc(C(F)(F)F)cc1Cl. The van der Waals surface area contributed by atoms with Gasteiger partial charge in [0.15, 0.2) is 17.3 Å². The van der Waals surface area contributed by atoms with E-state index in [0.29, 0.717) is 37.6 Å². The molecule has 0 saturated carbocycles. The van der Waals surface area contributed by atoms with Crippen molar-refractivity contribution in [3.63, 3.8) is 0 Å². The number of methoxy groups -OCH3 is 1. The minimum atomic E-state index is -4.63. The number of amides is 2. The van der Waals surface area contributed by atoms with Crippen molar-refractivity contribution in [2.45, 2.75) is 64.9 Å². The Morgan fingerprint density at radius 2 is 1.83 bits per heavy atom. The second-order valence-corrected chi connectivity index (χ2v) is 22.3. The zero-order valence-electron chi connectivity index (χ0n) is 35.4. The van der Waals surface area contributed by atoms with Crippen molar-refractivity contribution < 1.29 is 41.4 Å². The van der Waals surface area contributed by atoms with E-state index in [1.165, 1.54) is 23.9 Å². The maximum atomic E-state index is 15.2. The predicted molar refractivity (Wildman–Crippen MR) is 229 cm³/mol. The molecule has 1 N–H and O–H groups in total. The van der Waals surface area contributed by atoms with Gasteiger partial charge in [0, 0.05) is 52.5 Å². The Bertz CT molecular complexity index is 2620. The first-order valence-corrected chi connectivity index (χ1v) is 24.4. The van der Waals surface area contributed by atoms with Crippen LogP contribution in [0.15, 0.2) is 47.4 Å². The van der Waals surface area contributed by atoms with Crippen LogP contribution in [0.3, 0.4) is 0 Å². The molecule has 1 fully saturated rings. The van der Waals surface area contributed by atoms with Gasteiger partial charge in [-0.1, -0.05) is 44.2 Å². The molecule has 0 spiro atoms. The fourth-order valence-electron chi connectivity index (χ4n) is 7.31. The molecule has 22 heteroatoms. The highest BCUT2D eigenvalue weighted by atomic mass is 35.5. The maximum absolute atomic E-state index is 15.2. The van der Waals surface area contributed by atoms with Gasteiger partial charge in [0.1, 0.15) is 19.0 Å². The van der Waals surface area contributed by atoms with Gasteiger partial charge in [-0.3, -0.25) is 14.4 Å². The number of hydrogen-bond acceptors (Lipinski definition) is 11. The van der Waals surface area contributed by atoms with Gasteiger partial charge in [0.05, 0.1) is 54.2 Å². The van der Waals surface area contributed by atoms with Gasteiger partial charge in [-0.2, -0.15) is 27.8 Å². The number of halogens is 5. The summed E-state index contributed by atoms with van der Waals surface area (Å²) in [6.45, 7) is 10.1. The van der Waals surface area contributed by atoms with Crippen molar-refractivity contribution in [2.24, 2.45) is 0 Å². The van der Waals surface area contributed by atoms with Crippen LogP contribution in [0.4, 0.5) is 28.9 Å². The van der Waals surface area contributed by atoms with Crippen LogP contribution < -0.4 is 20.5 Å². The van der Waals surface area contributed by atoms with E-state index in [0.717, 1.165) is 40.5 Å². The number of carbonyl (C=O) groups is 2. The van der Waals surface area contributed by atoms with Crippen molar-refractivity contribution in [1.29, 1.82) is 0 Å². The lowest BCUT2D eigenvalue weighted by atomic mass is 10.1. The van der Waals surface area contributed by atoms with Crippen LogP contribution in [0.25, 0.3) is 22.6 Å². The molecule has 2 aliphatic heterocycles. The first kappa shape index (κ1) is 45.4. The maximum Gasteiger partial charge on any atom is 0.416 e.